The molecule has 0 fully saturated rings. The highest BCUT2D eigenvalue weighted by atomic mass is 16.4. The van der Waals surface area contributed by atoms with Gasteiger partial charge in [-0.1, -0.05) is 47.1 Å². The van der Waals surface area contributed by atoms with Gasteiger partial charge in [0.25, 0.3) is 0 Å². The fourth-order valence-corrected chi connectivity index (χ4v) is 2.59. The summed E-state index contributed by atoms with van der Waals surface area (Å²) in [5.74, 6) is -0.265. The molecule has 1 unspecified atom stereocenters. The predicted molar refractivity (Wildman–Crippen MR) is 89.8 cm³/mol. The SMILES string of the molecule is CC.CCC1=C(/C(C)=C(/O)C(C)C)CCC(C)(C(=O)O)[B]1. The van der Waals surface area contributed by atoms with Crippen molar-refractivity contribution in [3.05, 3.63) is 22.4 Å². The highest BCUT2D eigenvalue weighted by molar-refractivity contribution is 6.55. The van der Waals surface area contributed by atoms with Crippen LogP contribution in [0, 0.1) is 5.92 Å². The molecule has 0 aromatic heterocycles. The largest absolute Gasteiger partial charge is 0.512 e. The van der Waals surface area contributed by atoms with Gasteiger partial charge in [0, 0.05) is 11.2 Å². The third-order valence-electron chi connectivity index (χ3n) is 4.03. The molecule has 0 aliphatic carbocycles. The summed E-state index contributed by atoms with van der Waals surface area (Å²) in [4.78, 5) is 11.3. The molecule has 0 aromatic carbocycles. The zero-order valence-electron chi connectivity index (χ0n) is 14.6. The Morgan fingerprint density at radius 2 is 1.86 bits per heavy atom. The fraction of sp³-hybridized carbons (Fsp3) is 0.706. The summed E-state index contributed by atoms with van der Waals surface area (Å²) < 4.78 is 0. The molecule has 1 atom stereocenters. The monoisotopic (exact) mass is 293 g/mol. The van der Waals surface area contributed by atoms with E-state index in [9.17, 15) is 15.0 Å². The first-order valence-corrected chi connectivity index (χ1v) is 7.94. The molecule has 0 bridgehead atoms. The van der Waals surface area contributed by atoms with Crippen LogP contribution in [-0.4, -0.2) is 23.5 Å². The minimum Gasteiger partial charge on any atom is -0.512 e. The van der Waals surface area contributed by atoms with Gasteiger partial charge in [0.15, 0.2) is 7.28 Å². The first-order valence-electron chi connectivity index (χ1n) is 7.94. The molecular formula is C17H30BO3. The van der Waals surface area contributed by atoms with Gasteiger partial charge in [-0.3, -0.25) is 4.79 Å². The second-order valence-corrected chi connectivity index (χ2v) is 5.89. The molecular weight excluding hydrogens is 263 g/mol. The van der Waals surface area contributed by atoms with E-state index >= 15 is 0 Å². The van der Waals surface area contributed by atoms with Crippen LogP contribution in [0.25, 0.3) is 0 Å². The average Bonchev–Trinajstić information content (AvgIpc) is 2.47. The Balaban J connectivity index is 0.00000191. The Labute approximate surface area is 130 Å². The molecule has 1 aliphatic heterocycles. The van der Waals surface area contributed by atoms with E-state index in [-0.39, 0.29) is 5.92 Å². The van der Waals surface area contributed by atoms with Crippen molar-refractivity contribution in [2.24, 2.45) is 5.92 Å². The highest BCUT2D eigenvalue weighted by Crippen LogP contribution is 2.42. The summed E-state index contributed by atoms with van der Waals surface area (Å²) in [5, 5.41) is 18.7. The zero-order valence-corrected chi connectivity index (χ0v) is 14.6. The molecule has 3 nitrogen and oxygen atoms in total. The lowest BCUT2D eigenvalue weighted by Gasteiger charge is -2.32. The molecule has 1 radical (unpaired) electrons. The van der Waals surface area contributed by atoms with Crippen LogP contribution < -0.4 is 0 Å². The van der Waals surface area contributed by atoms with E-state index in [1.165, 1.54) is 0 Å². The van der Waals surface area contributed by atoms with Gasteiger partial charge >= 0.3 is 5.97 Å². The Morgan fingerprint density at radius 3 is 2.24 bits per heavy atom. The van der Waals surface area contributed by atoms with Crippen LogP contribution in [0.5, 0.6) is 0 Å². The molecule has 1 heterocycles. The van der Waals surface area contributed by atoms with Crippen LogP contribution in [0.15, 0.2) is 22.4 Å². The van der Waals surface area contributed by atoms with E-state index in [2.05, 4.69) is 0 Å². The van der Waals surface area contributed by atoms with Crippen LogP contribution in [0.3, 0.4) is 0 Å². The van der Waals surface area contributed by atoms with Gasteiger partial charge in [0.1, 0.15) is 0 Å². The lowest BCUT2D eigenvalue weighted by molar-refractivity contribution is -0.140. The number of aliphatic hydroxyl groups excluding tert-OH is 1. The van der Waals surface area contributed by atoms with Crippen LogP contribution in [0.2, 0.25) is 5.31 Å². The fourth-order valence-electron chi connectivity index (χ4n) is 2.59. The van der Waals surface area contributed by atoms with E-state index in [1.807, 2.05) is 48.8 Å². The van der Waals surface area contributed by atoms with Gasteiger partial charge in [0.2, 0.25) is 0 Å². The maximum absolute atomic E-state index is 11.3. The van der Waals surface area contributed by atoms with Gasteiger partial charge in [-0.15, -0.1) is 5.47 Å². The molecule has 1 aliphatic rings. The molecule has 0 spiro atoms. The normalized spacial score (nSPS) is 23.0. The van der Waals surface area contributed by atoms with E-state index in [0.717, 1.165) is 23.0 Å². The molecule has 2 N–H and O–H groups in total. The second kappa shape index (κ2) is 8.30. The van der Waals surface area contributed by atoms with Gasteiger partial charge < -0.3 is 10.2 Å². The number of hydrogen-bond acceptors (Lipinski definition) is 2. The van der Waals surface area contributed by atoms with Crippen molar-refractivity contribution in [1.29, 1.82) is 0 Å². The Hall–Kier alpha value is -1.19. The van der Waals surface area contributed by atoms with Crippen molar-refractivity contribution in [3.63, 3.8) is 0 Å². The lowest BCUT2D eigenvalue weighted by Crippen LogP contribution is -2.32. The lowest BCUT2D eigenvalue weighted by atomic mass is 9.43. The number of carboxylic acid groups (broad SMARTS) is 1. The Kier molecular flexibility index (Phi) is 7.84. The predicted octanol–water partition coefficient (Wildman–Crippen LogP) is 4.93. The van der Waals surface area contributed by atoms with Crippen molar-refractivity contribution in [2.75, 3.05) is 0 Å². The van der Waals surface area contributed by atoms with Gasteiger partial charge in [-0.05, 0) is 31.8 Å². The molecule has 0 amide bonds. The smallest absolute Gasteiger partial charge is 0.301 e. The van der Waals surface area contributed by atoms with Crippen molar-refractivity contribution in [3.8, 4) is 0 Å². The Bertz CT molecular complexity index is 435. The number of hydrogen-bond donors (Lipinski definition) is 2. The summed E-state index contributed by atoms with van der Waals surface area (Å²) in [6, 6.07) is 0. The molecule has 21 heavy (non-hydrogen) atoms. The zero-order chi connectivity index (χ0) is 16.8. The number of aliphatic carboxylic acids is 1. The third-order valence-corrected chi connectivity index (χ3v) is 4.03. The molecule has 0 saturated carbocycles. The number of carbonyl (C=O) groups is 1. The summed E-state index contributed by atoms with van der Waals surface area (Å²) >= 11 is 0. The van der Waals surface area contributed by atoms with E-state index in [1.54, 1.807) is 6.92 Å². The standard InChI is InChI=1S/C15H24BO3.C2H6/c1-6-12-11(10(4)13(17)9(2)3)7-8-15(5,16-12)14(18)19;1-2/h9,17H,6-8H2,1-5H3,(H,18,19);1-2H3/b13-10+;. The molecule has 1 rings (SSSR count). The maximum atomic E-state index is 11.3. The molecule has 4 heteroatoms. The Morgan fingerprint density at radius 1 is 1.33 bits per heavy atom. The van der Waals surface area contributed by atoms with E-state index in [0.29, 0.717) is 18.6 Å². The van der Waals surface area contributed by atoms with Crippen LogP contribution in [0.4, 0.5) is 0 Å². The second-order valence-electron chi connectivity index (χ2n) is 5.89. The quantitative estimate of drug-likeness (QED) is 0.571. The van der Waals surface area contributed by atoms with Gasteiger partial charge in [0.05, 0.1) is 5.76 Å². The first kappa shape index (κ1) is 19.8. The minimum absolute atomic E-state index is 0.0957. The van der Waals surface area contributed by atoms with Crippen LogP contribution in [-0.2, 0) is 4.79 Å². The molecule has 0 saturated heterocycles. The summed E-state index contributed by atoms with van der Waals surface area (Å²) in [5.41, 5.74) is 3.09. The van der Waals surface area contributed by atoms with Crippen molar-refractivity contribution < 1.29 is 15.0 Å². The third kappa shape index (κ3) is 4.65. The minimum atomic E-state index is -0.775. The maximum Gasteiger partial charge on any atom is 0.301 e. The van der Waals surface area contributed by atoms with Crippen molar-refractivity contribution in [1.82, 2.24) is 0 Å². The highest BCUT2D eigenvalue weighted by Gasteiger charge is 2.38. The molecule has 0 aromatic rings. The van der Waals surface area contributed by atoms with Crippen LogP contribution >= 0.6 is 0 Å². The average molecular weight is 293 g/mol. The molecule has 119 valence electrons. The first-order chi connectivity index (χ1) is 9.73. The summed E-state index contributed by atoms with van der Waals surface area (Å²) in [6.45, 7) is 13.6. The van der Waals surface area contributed by atoms with E-state index in [4.69, 9.17) is 0 Å². The number of carboxylic acids is 1. The number of rotatable bonds is 4. The van der Waals surface area contributed by atoms with E-state index < -0.39 is 11.3 Å². The topological polar surface area (TPSA) is 57.5 Å². The summed E-state index contributed by atoms with van der Waals surface area (Å²) in [7, 11) is 1.87. The van der Waals surface area contributed by atoms with Crippen molar-refractivity contribution >= 4 is 13.2 Å². The number of aliphatic hydroxyl groups is 1. The van der Waals surface area contributed by atoms with Crippen LogP contribution in [0.1, 0.15) is 67.7 Å². The summed E-state index contributed by atoms with van der Waals surface area (Å²) in [6.07, 6.45) is 2.09. The van der Waals surface area contributed by atoms with Crippen molar-refractivity contribution in [2.45, 2.75) is 73.0 Å². The number of allylic oxidation sites excluding steroid dienone is 4. The van der Waals surface area contributed by atoms with Gasteiger partial charge in [-0.2, -0.15) is 0 Å². The van der Waals surface area contributed by atoms with Gasteiger partial charge in [-0.25, -0.2) is 0 Å².